The molecule has 0 aliphatic carbocycles. The third-order valence-electron chi connectivity index (χ3n) is 4.24. The Bertz CT molecular complexity index is 1060. The molecule has 0 bridgehead atoms. The third-order valence-corrected chi connectivity index (χ3v) is 5.39. The molecule has 1 aromatic heterocycles. The molecule has 0 N–H and O–H groups in total. The van der Waals surface area contributed by atoms with Gasteiger partial charge in [0.15, 0.2) is 0 Å². The Kier molecular flexibility index (Phi) is 6.19. The number of methoxy groups -OCH3 is 1. The smallest absolute Gasteiger partial charge is 0.460 e. The highest BCUT2D eigenvalue weighted by atomic mass is 32.1. The number of fused-ring (bicyclic) bond motifs is 1. The summed E-state index contributed by atoms with van der Waals surface area (Å²) in [5.74, 6) is -28.2. The lowest BCUT2D eigenvalue weighted by Gasteiger charge is -2.29. The largest absolute Gasteiger partial charge is 0.465 e. The number of rotatable bonds is 5. The summed E-state index contributed by atoms with van der Waals surface area (Å²) in [4.78, 5) is 10.1. The minimum absolute atomic E-state index is 0.122. The van der Waals surface area contributed by atoms with Crippen LogP contribution in [0.4, 0.5) is 61.5 Å². The lowest BCUT2D eigenvalue weighted by atomic mass is 9.94. The number of benzene rings is 1. The zero-order chi connectivity index (χ0) is 26.0. The lowest BCUT2D eigenvalue weighted by molar-refractivity contribution is -0.360. The maximum Gasteiger partial charge on any atom is 0.460 e. The highest BCUT2D eigenvalue weighted by molar-refractivity contribution is 7.21. The summed E-state index contributed by atoms with van der Waals surface area (Å²) in [6.07, 6.45) is -13.8. The second-order valence-corrected chi connectivity index (χ2v) is 7.35. The Hall–Kier alpha value is -2.33. The molecule has 2 aromatic rings. The molecule has 0 aliphatic rings. The van der Waals surface area contributed by atoms with Crippen LogP contribution in [0.15, 0.2) is 18.2 Å². The molecule has 0 saturated heterocycles. The molecule has 0 amide bonds. The van der Waals surface area contributed by atoms with Crippen molar-refractivity contribution in [1.82, 2.24) is 0 Å². The standard InChI is InChI=1S/C16H6F14O2S/c1-32-10(31)9-8(12(19,20)14(23,24)16(28,29)30)6-4-5(2-3-7(6)33-9)11(17,18)13(21,22)15(25,26)27/h2-4H,1H3. The van der Waals surface area contributed by atoms with Crippen molar-refractivity contribution >= 4 is 27.4 Å². The Morgan fingerprint density at radius 2 is 1.21 bits per heavy atom. The number of alkyl halides is 14. The van der Waals surface area contributed by atoms with Crippen molar-refractivity contribution < 1.29 is 71.0 Å². The van der Waals surface area contributed by atoms with Crippen LogP contribution in [0.2, 0.25) is 0 Å². The van der Waals surface area contributed by atoms with Crippen molar-refractivity contribution in [1.29, 1.82) is 0 Å². The average Bonchev–Trinajstić information content (AvgIpc) is 3.04. The SMILES string of the molecule is COC(=O)c1sc2ccc(C(F)(F)C(F)(F)C(F)(F)F)cc2c1C(F)(F)C(F)(F)C(F)(F)F. The number of halogens is 14. The number of ether oxygens (including phenoxy) is 1. The predicted molar refractivity (Wildman–Crippen MR) is 83.0 cm³/mol. The molecule has 186 valence electrons. The summed E-state index contributed by atoms with van der Waals surface area (Å²) in [6.45, 7) is 0. The quantitative estimate of drug-likeness (QED) is 0.302. The van der Waals surface area contributed by atoms with Gasteiger partial charge in [0.25, 0.3) is 0 Å². The van der Waals surface area contributed by atoms with Crippen LogP contribution in [0.5, 0.6) is 0 Å². The highest BCUT2D eigenvalue weighted by Gasteiger charge is 2.75. The first-order chi connectivity index (χ1) is 14.6. The Morgan fingerprint density at radius 3 is 1.64 bits per heavy atom. The van der Waals surface area contributed by atoms with Crippen molar-refractivity contribution in [2.45, 2.75) is 36.0 Å². The molecular weight excluding hydrogens is 522 g/mol. The van der Waals surface area contributed by atoms with Gasteiger partial charge in [-0.2, -0.15) is 61.5 Å². The minimum atomic E-state index is -6.96. The van der Waals surface area contributed by atoms with Crippen LogP contribution in [0.25, 0.3) is 10.1 Å². The van der Waals surface area contributed by atoms with Gasteiger partial charge in [-0.3, -0.25) is 0 Å². The van der Waals surface area contributed by atoms with E-state index >= 15 is 0 Å². The van der Waals surface area contributed by atoms with E-state index in [1.165, 1.54) is 0 Å². The van der Waals surface area contributed by atoms with Gasteiger partial charge < -0.3 is 4.74 Å². The first-order valence-electron chi connectivity index (χ1n) is 7.86. The van der Waals surface area contributed by atoms with Crippen LogP contribution in [-0.2, 0) is 16.6 Å². The molecule has 1 heterocycles. The maximum absolute atomic E-state index is 14.4. The molecule has 17 heteroatoms. The molecule has 33 heavy (non-hydrogen) atoms. The topological polar surface area (TPSA) is 26.3 Å². The molecule has 1 aromatic carbocycles. The molecule has 0 atom stereocenters. The normalized spacial score (nSPS) is 14.6. The van der Waals surface area contributed by atoms with Crippen LogP contribution < -0.4 is 0 Å². The van der Waals surface area contributed by atoms with E-state index in [-0.39, 0.29) is 23.5 Å². The van der Waals surface area contributed by atoms with Gasteiger partial charge in [-0.15, -0.1) is 11.3 Å². The summed E-state index contributed by atoms with van der Waals surface area (Å²) in [7, 11) is 0.486. The summed E-state index contributed by atoms with van der Waals surface area (Å²) in [5, 5.41) is -1.72. The van der Waals surface area contributed by atoms with Gasteiger partial charge in [0.1, 0.15) is 4.88 Å². The fraction of sp³-hybridized carbons (Fsp3) is 0.438. The second-order valence-electron chi connectivity index (χ2n) is 6.30. The summed E-state index contributed by atoms with van der Waals surface area (Å²) in [6, 6.07) is -0.496. The predicted octanol–water partition coefficient (Wildman–Crippen LogP) is 7.27. The van der Waals surface area contributed by atoms with Crippen LogP contribution in [0, 0.1) is 0 Å². The molecule has 0 fully saturated rings. The van der Waals surface area contributed by atoms with Gasteiger partial charge in [0.2, 0.25) is 0 Å². The fourth-order valence-corrected chi connectivity index (χ4v) is 3.67. The van der Waals surface area contributed by atoms with E-state index in [9.17, 15) is 66.3 Å². The number of hydrogen-bond donors (Lipinski definition) is 0. The van der Waals surface area contributed by atoms with E-state index in [4.69, 9.17) is 0 Å². The zero-order valence-electron chi connectivity index (χ0n) is 15.2. The first-order valence-corrected chi connectivity index (χ1v) is 8.68. The van der Waals surface area contributed by atoms with Crippen LogP contribution in [0.1, 0.15) is 20.8 Å². The molecule has 0 spiro atoms. The van der Waals surface area contributed by atoms with Crippen LogP contribution in [0.3, 0.4) is 0 Å². The number of carbonyl (C=O) groups is 1. The Labute approximate surface area is 176 Å². The number of esters is 1. The van der Waals surface area contributed by atoms with E-state index in [1.807, 2.05) is 0 Å². The van der Waals surface area contributed by atoms with Crippen molar-refractivity contribution in [2.24, 2.45) is 0 Å². The van der Waals surface area contributed by atoms with Crippen molar-refractivity contribution in [3.8, 4) is 0 Å². The maximum atomic E-state index is 14.4. The molecule has 0 radical (unpaired) electrons. The molecule has 2 nitrogen and oxygen atoms in total. The molecule has 2 rings (SSSR count). The second kappa shape index (κ2) is 7.59. The highest BCUT2D eigenvalue weighted by Crippen LogP contribution is 2.57. The van der Waals surface area contributed by atoms with Gasteiger partial charge in [0.05, 0.1) is 12.7 Å². The van der Waals surface area contributed by atoms with E-state index in [0.29, 0.717) is 7.11 Å². The van der Waals surface area contributed by atoms with Gasteiger partial charge in [-0.25, -0.2) is 4.79 Å². The van der Waals surface area contributed by atoms with Gasteiger partial charge >= 0.3 is 42.0 Å². The summed E-state index contributed by atoms with van der Waals surface area (Å²) in [5.41, 5.74) is -4.89. The minimum Gasteiger partial charge on any atom is -0.465 e. The monoisotopic (exact) mass is 528 g/mol. The summed E-state index contributed by atoms with van der Waals surface area (Å²) < 4.78 is 189. The third kappa shape index (κ3) is 3.86. The first kappa shape index (κ1) is 26.9. The molecular formula is C16H6F14O2S. The lowest BCUT2D eigenvalue weighted by Crippen LogP contribution is -2.50. The zero-order valence-corrected chi connectivity index (χ0v) is 16.1. The molecule has 0 aliphatic heterocycles. The van der Waals surface area contributed by atoms with E-state index in [0.717, 1.165) is 0 Å². The molecule has 0 unspecified atom stereocenters. The number of hydrogen-bond acceptors (Lipinski definition) is 3. The Balaban J connectivity index is 2.94. The van der Waals surface area contributed by atoms with Crippen molar-refractivity contribution in [3.05, 3.63) is 34.2 Å². The van der Waals surface area contributed by atoms with E-state index in [2.05, 4.69) is 4.74 Å². The van der Waals surface area contributed by atoms with Crippen LogP contribution >= 0.6 is 11.3 Å². The van der Waals surface area contributed by atoms with Crippen LogP contribution in [-0.4, -0.2) is 37.3 Å². The number of thiophene rings is 1. The summed E-state index contributed by atoms with van der Waals surface area (Å²) >= 11 is -0.267. The Morgan fingerprint density at radius 1 is 0.758 bits per heavy atom. The van der Waals surface area contributed by atoms with Gasteiger partial charge in [-0.1, -0.05) is 6.07 Å². The fourth-order valence-electron chi connectivity index (χ4n) is 2.54. The average molecular weight is 528 g/mol. The van der Waals surface area contributed by atoms with E-state index in [1.54, 1.807) is 0 Å². The van der Waals surface area contributed by atoms with E-state index < -0.39 is 74.2 Å². The number of carbonyl (C=O) groups excluding carboxylic acids is 1. The van der Waals surface area contributed by atoms with Gasteiger partial charge in [-0.05, 0) is 12.1 Å². The van der Waals surface area contributed by atoms with Crippen molar-refractivity contribution in [2.75, 3.05) is 7.11 Å². The van der Waals surface area contributed by atoms with Gasteiger partial charge in [0, 0.05) is 15.6 Å². The van der Waals surface area contributed by atoms with Crippen molar-refractivity contribution in [3.63, 3.8) is 0 Å². The molecule has 0 saturated carbocycles.